The quantitative estimate of drug-likeness (QED) is 0.768. The lowest BCUT2D eigenvalue weighted by Crippen LogP contribution is -2.33. The summed E-state index contributed by atoms with van der Waals surface area (Å²) < 4.78 is 1.65. The zero-order valence-electron chi connectivity index (χ0n) is 15.2. The third-order valence-electron chi connectivity index (χ3n) is 4.98. The molecule has 3 aromatic heterocycles. The van der Waals surface area contributed by atoms with Crippen LogP contribution in [0, 0.1) is 6.92 Å². The number of hydrogen-bond donors (Lipinski definition) is 1. The molecule has 7 heteroatoms. The third kappa shape index (κ3) is 4.02. The van der Waals surface area contributed by atoms with Gasteiger partial charge in [0.1, 0.15) is 12.1 Å². The SMILES string of the molecule is Cc1cc(NC2CCC(n3nc(-c4cccnc4)ccc3=O)CC2)ncn1. The van der Waals surface area contributed by atoms with E-state index >= 15 is 0 Å². The first kappa shape index (κ1) is 17.3. The van der Waals surface area contributed by atoms with Gasteiger partial charge < -0.3 is 5.32 Å². The van der Waals surface area contributed by atoms with Crippen LogP contribution in [0.1, 0.15) is 37.4 Å². The van der Waals surface area contributed by atoms with Gasteiger partial charge in [-0.15, -0.1) is 0 Å². The molecule has 1 saturated carbocycles. The van der Waals surface area contributed by atoms with Crippen molar-refractivity contribution in [2.75, 3.05) is 5.32 Å². The average Bonchev–Trinajstić information content (AvgIpc) is 2.70. The zero-order valence-corrected chi connectivity index (χ0v) is 15.2. The van der Waals surface area contributed by atoms with E-state index in [0.717, 1.165) is 48.5 Å². The summed E-state index contributed by atoms with van der Waals surface area (Å²) in [4.78, 5) is 24.9. The second-order valence-corrected chi connectivity index (χ2v) is 6.94. The number of anilines is 1. The fraction of sp³-hybridized carbons (Fsp3) is 0.350. The standard InChI is InChI=1S/C20H22N6O/c1-14-11-19(23-13-22-14)24-16-4-6-17(7-5-16)26-20(27)9-8-18(25-26)15-3-2-10-21-12-15/h2-3,8-13,16-17H,4-7H2,1H3,(H,22,23,24). The molecule has 0 aromatic carbocycles. The predicted molar refractivity (Wildman–Crippen MR) is 103 cm³/mol. The van der Waals surface area contributed by atoms with Crippen molar-refractivity contribution >= 4 is 5.82 Å². The van der Waals surface area contributed by atoms with Crippen molar-refractivity contribution < 1.29 is 0 Å². The Labute approximate surface area is 157 Å². The molecule has 1 aliphatic rings. The van der Waals surface area contributed by atoms with Gasteiger partial charge in [-0.2, -0.15) is 5.10 Å². The van der Waals surface area contributed by atoms with E-state index in [4.69, 9.17) is 0 Å². The molecule has 3 aromatic rings. The van der Waals surface area contributed by atoms with Gasteiger partial charge >= 0.3 is 0 Å². The van der Waals surface area contributed by atoms with Gasteiger partial charge in [-0.05, 0) is 50.8 Å². The van der Waals surface area contributed by atoms with Gasteiger partial charge in [0.2, 0.25) is 0 Å². The van der Waals surface area contributed by atoms with E-state index in [-0.39, 0.29) is 11.6 Å². The third-order valence-corrected chi connectivity index (χ3v) is 4.98. The molecule has 0 radical (unpaired) electrons. The Hall–Kier alpha value is -3.09. The summed E-state index contributed by atoms with van der Waals surface area (Å²) in [5.74, 6) is 0.861. The van der Waals surface area contributed by atoms with Crippen LogP contribution in [0.5, 0.6) is 0 Å². The first-order valence-corrected chi connectivity index (χ1v) is 9.24. The van der Waals surface area contributed by atoms with Crippen molar-refractivity contribution in [2.45, 2.75) is 44.7 Å². The number of pyridine rings is 1. The highest BCUT2D eigenvalue weighted by atomic mass is 16.1. The number of aromatic nitrogens is 5. The predicted octanol–water partition coefficient (Wildman–Crippen LogP) is 3.00. The molecule has 0 saturated heterocycles. The van der Waals surface area contributed by atoms with Crippen molar-refractivity contribution in [3.63, 3.8) is 0 Å². The molecular weight excluding hydrogens is 340 g/mol. The molecule has 0 unspecified atom stereocenters. The summed E-state index contributed by atoms with van der Waals surface area (Å²) in [6, 6.07) is 9.62. The highest BCUT2D eigenvalue weighted by Gasteiger charge is 2.24. The van der Waals surface area contributed by atoms with Crippen LogP contribution in [0.15, 0.2) is 53.8 Å². The maximum Gasteiger partial charge on any atom is 0.267 e. The van der Waals surface area contributed by atoms with Crippen molar-refractivity contribution in [1.29, 1.82) is 0 Å². The second-order valence-electron chi connectivity index (χ2n) is 6.94. The Balaban J connectivity index is 1.46. The van der Waals surface area contributed by atoms with Gasteiger partial charge in [-0.25, -0.2) is 14.6 Å². The molecular formula is C20H22N6O. The number of nitrogens with one attached hydrogen (secondary N) is 1. The summed E-state index contributed by atoms with van der Waals surface area (Å²) in [7, 11) is 0. The van der Waals surface area contributed by atoms with Crippen LogP contribution in [0.2, 0.25) is 0 Å². The van der Waals surface area contributed by atoms with Crippen LogP contribution < -0.4 is 10.9 Å². The topological polar surface area (TPSA) is 85.6 Å². The maximum absolute atomic E-state index is 12.4. The molecule has 138 valence electrons. The number of nitrogens with zero attached hydrogens (tertiary/aromatic N) is 5. The summed E-state index contributed by atoms with van der Waals surface area (Å²) in [5, 5.41) is 8.09. The Bertz CT molecular complexity index is 963. The zero-order chi connectivity index (χ0) is 18.6. The van der Waals surface area contributed by atoms with Crippen molar-refractivity contribution in [1.82, 2.24) is 24.7 Å². The van der Waals surface area contributed by atoms with Crippen molar-refractivity contribution in [3.05, 3.63) is 65.1 Å². The van der Waals surface area contributed by atoms with Crippen LogP contribution in [-0.4, -0.2) is 30.8 Å². The van der Waals surface area contributed by atoms with E-state index in [0.29, 0.717) is 6.04 Å². The van der Waals surface area contributed by atoms with Crippen molar-refractivity contribution in [2.24, 2.45) is 0 Å². The molecule has 7 nitrogen and oxygen atoms in total. The number of hydrogen-bond acceptors (Lipinski definition) is 6. The molecule has 27 heavy (non-hydrogen) atoms. The largest absolute Gasteiger partial charge is 0.367 e. The van der Waals surface area contributed by atoms with Gasteiger partial charge in [-0.3, -0.25) is 9.78 Å². The lowest BCUT2D eigenvalue weighted by molar-refractivity contribution is 0.304. The lowest BCUT2D eigenvalue weighted by atomic mass is 9.91. The van der Waals surface area contributed by atoms with Crippen LogP contribution in [-0.2, 0) is 0 Å². The van der Waals surface area contributed by atoms with E-state index < -0.39 is 0 Å². The summed E-state index contributed by atoms with van der Waals surface area (Å²) in [5.41, 5.74) is 2.59. The Morgan fingerprint density at radius 2 is 1.96 bits per heavy atom. The Morgan fingerprint density at radius 3 is 2.70 bits per heavy atom. The molecule has 0 spiro atoms. The van der Waals surface area contributed by atoms with E-state index in [1.54, 1.807) is 35.5 Å². The van der Waals surface area contributed by atoms with E-state index in [1.165, 1.54) is 0 Å². The molecule has 1 N–H and O–H groups in total. The molecule has 0 bridgehead atoms. The normalized spacial score (nSPS) is 19.6. The van der Waals surface area contributed by atoms with E-state index in [9.17, 15) is 4.79 Å². The Morgan fingerprint density at radius 1 is 1.11 bits per heavy atom. The average molecular weight is 362 g/mol. The molecule has 0 atom stereocenters. The minimum Gasteiger partial charge on any atom is -0.367 e. The monoisotopic (exact) mass is 362 g/mol. The van der Waals surface area contributed by atoms with Crippen LogP contribution >= 0.6 is 0 Å². The molecule has 0 amide bonds. The van der Waals surface area contributed by atoms with Gasteiger partial charge in [-0.1, -0.05) is 0 Å². The van der Waals surface area contributed by atoms with Gasteiger partial charge in [0.25, 0.3) is 5.56 Å². The van der Waals surface area contributed by atoms with Crippen LogP contribution in [0.25, 0.3) is 11.3 Å². The van der Waals surface area contributed by atoms with Gasteiger partial charge in [0, 0.05) is 41.8 Å². The first-order chi connectivity index (χ1) is 13.2. The first-order valence-electron chi connectivity index (χ1n) is 9.24. The van der Waals surface area contributed by atoms with Gasteiger partial charge in [0.05, 0.1) is 11.7 Å². The van der Waals surface area contributed by atoms with Gasteiger partial charge in [0.15, 0.2) is 0 Å². The van der Waals surface area contributed by atoms with Crippen molar-refractivity contribution in [3.8, 4) is 11.3 Å². The maximum atomic E-state index is 12.4. The smallest absolute Gasteiger partial charge is 0.267 e. The van der Waals surface area contributed by atoms with E-state index in [2.05, 4.69) is 25.4 Å². The minimum atomic E-state index is -0.0505. The fourth-order valence-electron chi connectivity index (χ4n) is 3.56. The summed E-state index contributed by atoms with van der Waals surface area (Å²) in [6.07, 6.45) is 8.83. The molecule has 1 aliphatic carbocycles. The van der Waals surface area contributed by atoms with Crippen LogP contribution in [0.4, 0.5) is 5.82 Å². The highest BCUT2D eigenvalue weighted by molar-refractivity contribution is 5.56. The minimum absolute atomic E-state index is 0.0505. The summed E-state index contributed by atoms with van der Waals surface area (Å²) in [6.45, 7) is 1.96. The molecule has 3 heterocycles. The lowest BCUT2D eigenvalue weighted by Gasteiger charge is -2.30. The number of rotatable bonds is 4. The second kappa shape index (κ2) is 7.65. The molecule has 0 aliphatic heterocycles. The Kier molecular flexibility index (Phi) is 4.91. The van der Waals surface area contributed by atoms with E-state index in [1.807, 2.05) is 25.1 Å². The molecule has 4 rings (SSSR count). The fourth-order valence-corrected chi connectivity index (χ4v) is 3.56. The highest BCUT2D eigenvalue weighted by Crippen LogP contribution is 2.29. The van der Waals surface area contributed by atoms with Crippen LogP contribution in [0.3, 0.4) is 0 Å². The number of aryl methyl sites for hydroxylation is 1. The summed E-state index contributed by atoms with van der Waals surface area (Å²) >= 11 is 0. The molecule has 1 fully saturated rings.